The molecular formula is C19H17N3O4. The van der Waals surface area contributed by atoms with Crippen molar-refractivity contribution in [2.24, 2.45) is 0 Å². The van der Waals surface area contributed by atoms with Crippen LogP contribution in [-0.4, -0.2) is 30.1 Å². The van der Waals surface area contributed by atoms with Gasteiger partial charge in [0, 0.05) is 0 Å². The van der Waals surface area contributed by atoms with Crippen molar-refractivity contribution in [3.63, 3.8) is 0 Å². The zero-order valence-corrected chi connectivity index (χ0v) is 14.3. The van der Waals surface area contributed by atoms with E-state index in [0.29, 0.717) is 22.7 Å². The Morgan fingerprint density at radius 3 is 2.42 bits per heavy atom. The number of nitrogens with one attached hydrogen (secondary N) is 1. The van der Waals surface area contributed by atoms with Crippen LogP contribution in [-0.2, 0) is 0 Å². The van der Waals surface area contributed by atoms with Crippen molar-refractivity contribution in [1.29, 1.82) is 0 Å². The van der Waals surface area contributed by atoms with Gasteiger partial charge < -0.3 is 19.5 Å². The SMILES string of the molecule is COc1ncc(NC(=O)c2ccccc2Oc2ccccc2)c(OC)n1. The van der Waals surface area contributed by atoms with E-state index in [9.17, 15) is 4.79 Å². The Hall–Kier alpha value is -3.61. The van der Waals surface area contributed by atoms with Crippen molar-refractivity contribution in [3.05, 3.63) is 66.4 Å². The summed E-state index contributed by atoms with van der Waals surface area (Å²) in [6.07, 6.45) is 1.42. The van der Waals surface area contributed by atoms with Crippen LogP contribution in [0.3, 0.4) is 0 Å². The van der Waals surface area contributed by atoms with Gasteiger partial charge in [0.1, 0.15) is 17.2 Å². The molecule has 0 saturated heterocycles. The smallest absolute Gasteiger partial charge is 0.319 e. The average molecular weight is 351 g/mol. The van der Waals surface area contributed by atoms with Gasteiger partial charge in [0.25, 0.3) is 5.91 Å². The number of hydrogen-bond acceptors (Lipinski definition) is 6. The Kier molecular flexibility index (Phi) is 5.28. The van der Waals surface area contributed by atoms with Gasteiger partial charge in [-0.25, -0.2) is 4.98 Å². The molecule has 2 aromatic carbocycles. The standard InChI is InChI=1S/C19H17N3O4/c1-24-18-15(12-20-19(22-18)25-2)21-17(23)14-10-6-7-11-16(14)26-13-8-4-3-5-9-13/h3-12H,1-2H3,(H,21,23). The lowest BCUT2D eigenvalue weighted by Crippen LogP contribution is -2.14. The fourth-order valence-corrected chi connectivity index (χ4v) is 2.24. The molecule has 26 heavy (non-hydrogen) atoms. The van der Waals surface area contributed by atoms with Gasteiger partial charge in [-0.1, -0.05) is 30.3 Å². The van der Waals surface area contributed by atoms with E-state index in [0.717, 1.165) is 0 Å². The average Bonchev–Trinajstić information content (AvgIpc) is 2.69. The fraction of sp³-hybridized carbons (Fsp3) is 0.105. The van der Waals surface area contributed by atoms with Gasteiger partial charge in [-0.05, 0) is 24.3 Å². The number of amides is 1. The molecule has 1 aromatic heterocycles. The highest BCUT2D eigenvalue weighted by atomic mass is 16.5. The number of nitrogens with zero attached hydrogens (tertiary/aromatic N) is 2. The Balaban J connectivity index is 1.85. The zero-order valence-electron chi connectivity index (χ0n) is 14.3. The number of aromatic nitrogens is 2. The minimum Gasteiger partial charge on any atom is -0.479 e. The molecule has 0 fully saturated rings. The summed E-state index contributed by atoms with van der Waals surface area (Å²) in [4.78, 5) is 20.7. The number of benzene rings is 2. The fourth-order valence-electron chi connectivity index (χ4n) is 2.24. The van der Waals surface area contributed by atoms with Crippen LogP contribution in [0.25, 0.3) is 0 Å². The van der Waals surface area contributed by atoms with Crippen LogP contribution in [0.15, 0.2) is 60.8 Å². The molecule has 1 N–H and O–H groups in total. The summed E-state index contributed by atoms with van der Waals surface area (Å²) < 4.78 is 15.9. The molecule has 1 amide bonds. The van der Waals surface area contributed by atoms with Crippen molar-refractivity contribution >= 4 is 11.6 Å². The van der Waals surface area contributed by atoms with E-state index in [2.05, 4.69) is 15.3 Å². The molecule has 1 heterocycles. The first-order chi connectivity index (χ1) is 12.7. The highest BCUT2D eigenvalue weighted by molar-refractivity contribution is 6.06. The topological polar surface area (TPSA) is 82.6 Å². The van der Waals surface area contributed by atoms with E-state index >= 15 is 0 Å². The van der Waals surface area contributed by atoms with E-state index < -0.39 is 0 Å². The van der Waals surface area contributed by atoms with Crippen LogP contribution in [0, 0.1) is 0 Å². The van der Waals surface area contributed by atoms with Crippen molar-refractivity contribution in [2.45, 2.75) is 0 Å². The monoisotopic (exact) mass is 351 g/mol. The van der Waals surface area contributed by atoms with Gasteiger partial charge in [-0.15, -0.1) is 0 Å². The Labute approximate surface area is 150 Å². The molecule has 0 aliphatic heterocycles. The largest absolute Gasteiger partial charge is 0.479 e. The maximum Gasteiger partial charge on any atom is 0.319 e. The maximum atomic E-state index is 12.7. The van der Waals surface area contributed by atoms with Gasteiger partial charge in [0.05, 0.1) is 26.0 Å². The van der Waals surface area contributed by atoms with Crippen molar-refractivity contribution in [3.8, 4) is 23.4 Å². The van der Waals surface area contributed by atoms with Crippen molar-refractivity contribution in [2.75, 3.05) is 19.5 Å². The summed E-state index contributed by atoms with van der Waals surface area (Å²) in [5.41, 5.74) is 0.696. The molecule has 0 radical (unpaired) electrons. The number of ether oxygens (including phenoxy) is 3. The second kappa shape index (κ2) is 7.98. The third-order valence-electron chi connectivity index (χ3n) is 3.46. The van der Waals surface area contributed by atoms with Crippen LogP contribution in [0.5, 0.6) is 23.4 Å². The maximum absolute atomic E-state index is 12.7. The molecule has 132 valence electrons. The molecule has 0 aliphatic rings. The van der Waals surface area contributed by atoms with Crippen LogP contribution in [0.4, 0.5) is 5.69 Å². The van der Waals surface area contributed by atoms with Gasteiger partial charge in [-0.3, -0.25) is 4.79 Å². The summed E-state index contributed by atoms with van der Waals surface area (Å²) in [6.45, 7) is 0. The van der Waals surface area contributed by atoms with Gasteiger partial charge in [0.2, 0.25) is 5.88 Å². The van der Waals surface area contributed by atoms with Crippen LogP contribution in [0.1, 0.15) is 10.4 Å². The Morgan fingerprint density at radius 2 is 1.69 bits per heavy atom. The number of para-hydroxylation sites is 2. The van der Waals surface area contributed by atoms with E-state index in [1.165, 1.54) is 20.4 Å². The highest BCUT2D eigenvalue weighted by Gasteiger charge is 2.16. The summed E-state index contributed by atoms with van der Waals surface area (Å²) in [6, 6.07) is 16.3. The molecule has 3 rings (SSSR count). The quantitative estimate of drug-likeness (QED) is 0.731. The first-order valence-corrected chi connectivity index (χ1v) is 7.79. The number of anilines is 1. The lowest BCUT2D eigenvalue weighted by molar-refractivity contribution is 0.102. The third kappa shape index (κ3) is 3.89. The Morgan fingerprint density at radius 1 is 0.962 bits per heavy atom. The molecule has 0 aliphatic carbocycles. The van der Waals surface area contributed by atoms with Gasteiger partial charge in [0.15, 0.2) is 0 Å². The first kappa shape index (κ1) is 17.2. The zero-order chi connectivity index (χ0) is 18.4. The molecule has 7 heteroatoms. The number of rotatable bonds is 6. The lowest BCUT2D eigenvalue weighted by atomic mass is 10.2. The van der Waals surface area contributed by atoms with Gasteiger partial charge in [-0.2, -0.15) is 4.98 Å². The van der Waals surface area contributed by atoms with Crippen molar-refractivity contribution in [1.82, 2.24) is 9.97 Å². The molecule has 0 atom stereocenters. The summed E-state index contributed by atoms with van der Waals surface area (Å²) in [7, 11) is 2.90. The predicted octanol–water partition coefficient (Wildman–Crippen LogP) is 3.54. The van der Waals surface area contributed by atoms with E-state index in [4.69, 9.17) is 14.2 Å². The summed E-state index contributed by atoms with van der Waals surface area (Å²) in [5.74, 6) is 0.901. The molecule has 0 bridgehead atoms. The van der Waals surface area contributed by atoms with Crippen LogP contribution >= 0.6 is 0 Å². The minimum absolute atomic E-state index is 0.146. The molecule has 3 aromatic rings. The van der Waals surface area contributed by atoms with E-state index in [-0.39, 0.29) is 17.8 Å². The summed E-state index contributed by atoms with van der Waals surface area (Å²) >= 11 is 0. The Bertz CT molecular complexity index is 900. The molecule has 0 spiro atoms. The van der Waals surface area contributed by atoms with Gasteiger partial charge >= 0.3 is 6.01 Å². The van der Waals surface area contributed by atoms with Crippen LogP contribution < -0.4 is 19.5 Å². The molecule has 7 nitrogen and oxygen atoms in total. The van der Waals surface area contributed by atoms with E-state index in [1.54, 1.807) is 24.3 Å². The molecule has 0 unspecified atom stereocenters. The van der Waals surface area contributed by atoms with Crippen LogP contribution in [0.2, 0.25) is 0 Å². The second-order valence-corrected chi connectivity index (χ2v) is 5.15. The number of hydrogen-bond donors (Lipinski definition) is 1. The number of carbonyl (C=O) groups is 1. The predicted molar refractivity (Wildman–Crippen MR) is 96.0 cm³/mol. The third-order valence-corrected chi connectivity index (χ3v) is 3.46. The number of methoxy groups -OCH3 is 2. The normalized spacial score (nSPS) is 10.1. The van der Waals surface area contributed by atoms with E-state index in [1.807, 2.05) is 30.3 Å². The highest BCUT2D eigenvalue weighted by Crippen LogP contribution is 2.28. The summed E-state index contributed by atoms with van der Waals surface area (Å²) in [5, 5.41) is 2.73. The minimum atomic E-state index is -0.372. The molecule has 0 saturated carbocycles. The molecular weight excluding hydrogens is 334 g/mol. The first-order valence-electron chi connectivity index (χ1n) is 7.79. The van der Waals surface area contributed by atoms with Crippen molar-refractivity contribution < 1.29 is 19.0 Å². The lowest BCUT2D eigenvalue weighted by Gasteiger charge is -2.12. The second-order valence-electron chi connectivity index (χ2n) is 5.15. The number of carbonyl (C=O) groups excluding carboxylic acids is 1.